The van der Waals surface area contributed by atoms with Gasteiger partial charge in [-0.3, -0.25) is 4.90 Å². The predicted octanol–water partition coefficient (Wildman–Crippen LogP) is 2.63. The first kappa shape index (κ1) is 13.0. The molecule has 0 radical (unpaired) electrons. The largest absolute Gasteiger partial charge is 0.306 e. The normalized spacial score (nSPS) is 17.8. The summed E-state index contributed by atoms with van der Waals surface area (Å²) in [4.78, 5) is 7.19. The Hall–Kier alpha value is -0.450. The van der Waals surface area contributed by atoms with Gasteiger partial charge in [0.25, 0.3) is 0 Å². The Balaban J connectivity index is 1.83. The molecule has 0 aliphatic carbocycles. The molecule has 4 heteroatoms. The first-order valence-corrected chi connectivity index (χ1v) is 7.31. The van der Waals surface area contributed by atoms with E-state index in [1.807, 2.05) is 0 Å². The molecule has 2 heterocycles. The molecule has 1 aliphatic heterocycles. The fraction of sp³-hybridized carbons (Fsp3) is 0.769. The van der Waals surface area contributed by atoms with Crippen LogP contribution < -0.4 is 5.32 Å². The highest BCUT2D eigenvalue weighted by Crippen LogP contribution is 2.16. The molecule has 1 aromatic rings. The van der Waals surface area contributed by atoms with Gasteiger partial charge in [0.15, 0.2) is 0 Å². The highest BCUT2D eigenvalue weighted by atomic mass is 32.1. The van der Waals surface area contributed by atoms with Crippen LogP contribution in [0.25, 0.3) is 0 Å². The third-order valence-electron chi connectivity index (χ3n) is 2.95. The number of nitrogens with one attached hydrogen (secondary N) is 1. The Kier molecular flexibility index (Phi) is 4.17. The van der Waals surface area contributed by atoms with Gasteiger partial charge in [0.05, 0.1) is 5.69 Å². The van der Waals surface area contributed by atoms with E-state index in [0.29, 0.717) is 0 Å². The van der Waals surface area contributed by atoms with E-state index in [9.17, 15) is 0 Å². The minimum atomic E-state index is 0.167. The summed E-state index contributed by atoms with van der Waals surface area (Å²) in [5.74, 6) is 0. The fourth-order valence-corrected chi connectivity index (χ4v) is 2.74. The molecule has 0 aromatic carbocycles. The van der Waals surface area contributed by atoms with Crippen molar-refractivity contribution < 1.29 is 0 Å². The maximum atomic E-state index is 4.69. The van der Waals surface area contributed by atoms with Gasteiger partial charge in [0.2, 0.25) is 0 Å². The molecule has 2 rings (SSSR count). The van der Waals surface area contributed by atoms with E-state index >= 15 is 0 Å². The van der Waals surface area contributed by atoms with E-state index in [4.69, 9.17) is 4.98 Å². The maximum absolute atomic E-state index is 4.69. The summed E-state index contributed by atoms with van der Waals surface area (Å²) in [6, 6.07) is 0. The second-order valence-electron chi connectivity index (χ2n) is 5.82. The average Bonchev–Trinajstić information content (AvgIpc) is 2.86. The van der Waals surface area contributed by atoms with E-state index in [2.05, 4.69) is 36.4 Å². The zero-order valence-electron chi connectivity index (χ0n) is 11.1. The molecule has 0 saturated carbocycles. The molecule has 3 nitrogen and oxygen atoms in total. The molecule has 0 atom stereocenters. The number of thiazole rings is 1. The van der Waals surface area contributed by atoms with Gasteiger partial charge in [-0.05, 0) is 46.7 Å². The van der Waals surface area contributed by atoms with E-state index in [0.717, 1.165) is 13.1 Å². The minimum absolute atomic E-state index is 0.167. The SMILES string of the molecule is CC(C)(C)NCc1nc(CN2CCCC2)cs1. The van der Waals surface area contributed by atoms with Gasteiger partial charge in [-0.1, -0.05) is 0 Å². The van der Waals surface area contributed by atoms with Gasteiger partial charge >= 0.3 is 0 Å². The molecule has 1 fully saturated rings. The van der Waals surface area contributed by atoms with Crippen LogP contribution in [-0.4, -0.2) is 28.5 Å². The number of hydrogen-bond acceptors (Lipinski definition) is 4. The highest BCUT2D eigenvalue weighted by molar-refractivity contribution is 7.09. The molecule has 0 amide bonds. The first-order valence-electron chi connectivity index (χ1n) is 6.44. The van der Waals surface area contributed by atoms with Gasteiger partial charge in [-0.2, -0.15) is 0 Å². The molecule has 1 N–H and O–H groups in total. The van der Waals surface area contributed by atoms with Crippen LogP contribution in [0.5, 0.6) is 0 Å². The van der Waals surface area contributed by atoms with Crippen LogP contribution in [0.4, 0.5) is 0 Å². The van der Waals surface area contributed by atoms with Crippen LogP contribution in [0.3, 0.4) is 0 Å². The third kappa shape index (κ3) is 4.37. The fourth-order valence-electron chi connectivity index (χ4n) is 2.01. The Bertz CT molecular complexity index is 348. The van der Waals surface area contributed by atoms with Crippen LogP contribution in [0.2, 0.25) is 0 Å². The van der Waals surface area contributed by atoms with Gasteiger partial charge in [0.1, 0.15) is 5.01 Å². The number of nitrogens with zero attached hydrogens (tertiary/aromatic N) is 2. The zero-order chi connectivity index (χ0) is 12.3. The molecular weight excluding hydrogens is 230 g/mol. The second-order valence-corrected chi connectivity index (χ2v) is 6.76. The van der Waals surface area contributed by atoms with Crippen molar-refractivity contribution in [3.8, 4) is 0 Å². The lowest BCUT2D eigenvalue weighted by Crippen LogP contribution is -2.35. The quantitative estimate of drug-likeness (QED) is 0.894. The molecule has 17 heavy (non-hydrogen) atoms. The smallest absolute Gasteiger partial charge is 0.107 e. The molecule has 0 spiro atoms. The lowest BCUT2D eigenvalue weighted by atomic mass is 10.1. The number of rotatable bonds is 4. The molecule has 0 bridgehead atoms. The van der Waals surface area contributed by atoms with Gasteiger partial charge < -0.3 is 5.32 Å². The van der Waals surface area contributed by atoms with Crippen molar-refractivity contribution in [1.29, 1.82) is 0 Å². The summed E-state index contributed by atoms with van der Waals surface area (Å²) in [6.45, 7) is 11.0. The van der Waals surface area contributed by atoms with Crippen LogP contribution in [0.1, 0.15) is 44.3 Å². The molecule has 1 aliphatic rings. The summed E-state index contributed by atoms with van der Waals surface area (Å²) in [7, 11) is 0. The Morgan fingerprint density at radius 2 is 2.06 bits per heavy atom. The Labute approximate surface area is 108 Å². The van der Waals surface area contributed by atoms with E-state index in [1.54, 1.807) is 11.3 Å². The monoisotopic (exact) mass is 253 g/mol. The number of aromatic nitrogens is 1. The first-order chi connectivity index (χ1) is 8.03. The second kappa shape index (κ2) is 5.46. The lowest BCUT2D eigenvalue weighted by molar-refractivity contribution is 0.327. The summed E-state index contributed by atoms with van der Waals surface area (Å²) in [5, 5.41) is 6.89. The van der Waals surface area contributed by atoms with E-state index < -0.39 is 0 Å². The number of hydrogen-bond donors (Lipinski definition) is 1. The van der Waals surface area contributed by atoms with Crippen molar-refractivity contribution in [2.24, 2.45) is 0 Å². The summed E-state index contributed by atoms with van der Waals surface area (Å²) in [6.07, 6.45) is 2.70. The van der Waals surface area contributed by atoms with Crippen LogP contribution in [0.15, 0.2) is 5.38 Å². The highest BCUT2D eigenvalue weighted by Gasteiger charge is 2.14. The standard InChI is InChI=1S/C13H23N3S/c1-13(2,3)14-8-12-15-11(10-17-12)9-16-6-4-5-7-16/h10,14H,4-9H2,1-3H3. The van der Waals surface area contributed by atoms with Gasteiger partial charge in [-0.15, -0.1) is 11.3 Å². The predicted molar refractivity (Wildman–Crippen MR) is 73.2 cm³/mol. The summed E-state index contributed by atoms with van der Waals surface area (Å²) >= 11 is 1.77. The van der Waals surface area contributed by atoms with Gasteiger partial charge in [-0.25, -0.2) is 4.98 Å². The van der Waals surface area contributed by atoms with Crippen LogP contribution >= 0.6 is 11.3 Å². The maximum Gasteiger partial charge on any atom is 0.107 e. The lowest BCUT2D eigenvalue weighted by Gasteiger charge is -2.19. The summed E-state index contributed by atoms with van der Waals surface area (Å²) in [5.41, 5.74) is 1.41. The zero-order valence-corrected chi connectivity index (χ0v) is 11.9. The molecule has 1 saturated heterocycles. The summed E-state index contributed by atoms with van der Waals surface area (Å²) < 4.78 is 0. The Morgan fingerprint density at radius 3 is 2.71 bits per heavy atom. The minimum Gasteiger partial charge on any atom is -0.306 e. The molecule has 0 unspecified atom stereocenters. The average molecular weight is 253 g/mol. The van der Waals surface area contributed by atoms with Crippen molar-refractivity contribution in [2.45, 2.75) is 52.2 Å². The van der Waals surface area contributed by atoms with Crippen molar-refractivity contribution >= 4 is 11.3 Å². The van der Waals surface area contributed by atoms with Crippen molar-refractivity contribution in [2.75, 3.05) is 13.1 Å². The van der Waals surface area contributed by atoms with Crippen LogP contribution in [-0.2, 0) is 13.1 Å². The molecule has 96 valence electrons. The van der Waals surface area contributed by atoms with Crippen molar-refractivity contribution in [3.63, 3.8) is 0 Å². The van der Waals surface area contributed by atoms with E-state index in [1.165, 1.54) is 36.6 Å². The number of likely N-dealkylation sites (tertiary alicyclic amines) is 1. The topological polar surface area (TPSA) is 28.2 Å². The van der Waals surface area contributed by atoms with Crippen LogP contribution in [0, 0.1) is 0 Å². The third-order valence-corrected chi connectivity index (χ3v) is 3.85. The molecular formula is C13H23N3S. The van der Waals surface area contributed by atoms with Gasteiger partial charge in [0, 0.05) is 24.0 Å². The molecule has 1 aromatic heterocycles. The van der Waals surface area contributed by atoms with E-state index in [-0.39, 0.29) is 5.54 Å². The Morgan fingerprint density at radius 1 is 1.35 bits per heavy atom. The van der Waals surface area contributed by atoms with Crippen molar-refractivity contribution in [1.82, 2.24) is 15.2 Å². The van der Waals surface area contributed by atoms with Crippen molar-refractivity contribution in [3.05, 3.63) is 16.1 Å².